The highest BCUT2D eigenvalue weighted by Crippen LogP contribution is 2.39. The second-order valence-electron chi connectivity index (χ2n) is 18.3. The number of thiophene rings is 3. The number of anilines is 2. The molecule has 0 aliphatic heterocycles. The standard InChI is InChI=1S/C24H17ClO4S.C24H19NO4S.C16H10BrNO4S/c1-14-18(11-21(29-14)16-5-3-2-4-6-16)20(26)12-22-23(24(27)28)19(13-30-22)15-7-9-17(25)10-8-15;1-14-8-10-16(11-9-14)19-13-30-23(21(19)24(27)28)25-22(26)18-12-20(29-15(18)2)17-6-4-3-5-7-17;17-10-5-3-9(4-6-10)11-8-23-15(13(11)16(20)21)18-14(19)12-2-1-7-22-12/h2-11,13H,12H2,1H3,(H,27,28);3-13H,1-2H3,(H,25,26)(H,27,28);1-8H,(H,18,19)(H,20,21). The molecule has 2 amide bonds. The van der Waals surface area contributed by atoms with Gasteiger partial charge >= 0.3 is 17.9 Å². The van der Waals surface area contributed by atoms with Crippen LogP contribution in [0.3, 0.4) is 0 Å². The fourth-order valence-electron chi connectivity index (χ4n) is 8.66. The summed E-state index contributed by atoms with van der Waals surface area (Å²) in [5, 5.41) is 40.8. The van der Waals surface area contributed by atoms with Gasteiger partial charge in [0.15, 0.2) is 11.5 Å². The van der Waals surface area contributed by atoms with Crippen molar-refractivity contribution < 1.29 is 57.3 Å². The Labute approximate surface area is 500 Å². The van der Waals surface area contributed by atoms with Gasteiger partial charge in [0.25, 0.3) is 11.8 Å². The second-order valence-corrected chi connectivity index (χ2v) is 22.4. The highest BCUT2D eigenvalue weighted by molar-refractivity contribution is 9.10. The number of aryl methyl sites for hydroxylation is 3. The van der Waals surface area contributed by atoms with Crippen molar-refractivity contribution in [1.29, 1.82) is 0 Å². The van der Waals surface area contributed by atoms with Crippen molar-refractivity contribution in [2.45, 2.75) is 27.2 Å². The van der Waals surface area contributed by atoms with Crippen molar-refractivity contribution in [1.82, 2.24) is 0 Å². The first-order chi connectivity index (χ1) is 39.9. The molecule has 0 aliphatic rings. The zero-order valence-corrected chi connectivity index (χ0v) is 48.8. The van der Waals surface area contributed by atoms with Crippen molar-refractivity contribution in [3.63, 3.8) is 0 Å². The molecule has 14 nitrogen and oxygen atoms in total. The van der Waals surface area contributed by atoms with Gasteiger partial charge < -0.3 is 39.2 Å². The van der Waals surface area contributed by atoms with Crippen molar-refractivity contribution in [2.24, 2.45) is 0 Å². The number of ketones is 1. The molecule has 11 aromatic rings. The largest absolute Gasteiger partial charge is 0.478 e. The molecule has 6 heterocycles. The molecule has 0 atom stereocenters. The number of carboxylic acid groups (broad SMARTS) is 3. The number of carbonyl (C=O) groups is 6. The number of furan rings is 3. The summed E-state index contributed by atoms with van der Waals surface area (Å²) in [7, 11) is 0. The lowest BCUT2D eigenvalue weighted by Gasteiger charge is -2.06. The topological polar surface area (TPSA) is 227 Å². The Morgan fingerprint density at radius 2 is 0.952 bits per heavy atom. The normalized spacial score (nSPS) is 10.7. The summed E-state index contributed by atoms with van der Waals surface area (Å²) in [5.41, 5.74) is 8.00. The Hall–Kier alpha value is -9.17. The average molecular weight is 1250 g/mol. The van der Waals surface area contributed by atoms with E-state index in [2.05, 4.69) is 26.6 Å². The van der Waals surface area contributed by atoms with Crippen LogP contribution in [0.1, 0.15) is 84.3 Å². The lowest BCUT2D eigenvalue weighted by atomic mass is 9.99. The Kier molecular flexibility index (Phi) is 18.4. The average Bonchev–Trinajstić information content (AvgIpc) is 4.14. The number of halogens is 2. The van der Waals surface area contributed by atoms with Crippen LogP contribution in [0.15, 0.2) is 198 Å². The number of aromatic carboxylic acids is 3. The molecule has 6 aromatic heterocycles. The maximum Gasteiger partial charge on any atom is 0.339 e. The summed E-state index contributed by atoms with van der Waals surface area (Å²) in [5.74, 6) is -1.99. The molecule has 83 heavy (non-hydrogen) atoms. The first-order valence-corrected chi connectivity index (χ1v) is 28.9. The van der Waals surface area contributed by atoms with Crippen LogP contribution >= 0.6 is 61.5 Å². The third kappa shape index (κ3) is 13.8. The first kappa shape index (κ1) is 58.5. The summed E-state index contributed by atoms with van der Waals surface area (Å²) in [6.45, 7) is 5.43. The third-order valence-corrected chi connectivity index (χ3v) is 16.3. The van der Waals surface area contributed by atoms with Gasteiger partial charge in [0.2, 0.25) is 0 Å². The Morgan fingerprint density at radius 1 is 0.506 bits per heavy atom. The highest BCUT2D eigenvalue weighted by Gasteiger charge is 2.27. The van der Waals surface area contributed by atoms with Crippen LogP contribution in [0.4, 0.5) is 10.0 Å². The quantitative estimate of drug-likeness (QED) is 0.0604. The van der Waals surface area contributed by atoms with Crippen LogP contribution in [-0.4, -0.2) is 50.8 Å². The molecule has 0 saturated heterocycles. The number of carbonyl (C=O) groups excluding carboxylic acids is 3. The maximum absolute atomic E-state index is 13.0. The van der Waals surface area contributed by atoms with Crippen molar-refractivity contribution in [3.8, 4) is 56.0 Å². The lowest BCUT2D eigenvalue weighted by molar-refractivity contribution is 0.0686. The molecule has 5 aromatic carbocycles. The second kappa shape index (κ2) is 26.2. The molecule has 0 bridgehead atoms. The molecule has 0 radical (unpaired) electrons. The summed E-state index contributed by atoms with van der Waals surface area (Å²) in [6.07, 6.45) is 1.38. The fourth-order valence-corrected chi connectivity index (χ4v) is 12.0. The number of hydrogen-bond donors (Lipinski definition) is 5. The van der Waals surface area contributed by atoms with E-state index in [0.29, 0.717) is 65.8 Å². The van der Waals surface area contributed by atoms with E-state index in [9.17, 15) is 44.1 Å². The van der Waals surface area contributed by atoms with E-state index in [1.54, 1.807) is 72.5 Å². The Balaban J connectivity index is 0.000000151. The molecule has 0 aliphatic carbocycles. The molecule has 19 heteroatoms. The molecule has 0 fully saturated rings. The lowest BCUT2D eigenvalue weighted by Crippen LogP contribution is -2.13. The minimum Gasteiger partial charge on any atom is -0.478 e. The van der Waals surface area contributed by atoms with Crippen LogP contribution in [0.5, 0.6) is 0 Å². The van der Waals surface area contributed by atoms with Crippen LogP contribution in [0.25, 0.3) is 56.0 Å². The molecule has 5 N–H and O–H groups in total. The minimum absolute atomic E-state index is 0.00546. The van der Waals surface area contributed by atoms with Crippen molar-refractivity contribution >= 4 is 107 Å². The predicted molar refractivity (Wildman–Crippen MR) is 328 cm³/mol. The van der Waals surface area contributed by atoms with E-state index in [0.717, 1.165) is 49.2 Å². The molecule has 0 unspecified atom stereocenters. The van der Waals surface area contributed by atoms with Gasteiger partial charge in [0, 0.05) is 59.4 Å². The Bertz CT molecular complexity index is 3950. The summed E-state index contributed by atoms with van der Waals surface area (Å²) >= 11 is 12.9. The van der Waals surface area contributed by atoms with Crippen LogP contribution in [0.2, 0.25) is 5.02 Å². The van der Waals surface area contributed by atoms with E-state index < -0.39 is 29.7 Å². The number of benzene rings is 5. The van der Waals surface area contributed by atoms with Crippen LogP contribution < -0.4 is 10.6 Å². The molecule has 0 saturated carbocycles. The van der Waals surface area contributed by atoms with Crippen molar-refractivity contribution in [2.75, 3.05) is 10.6 Å². The zero-order chi connectivity index (χ0) is 58.9. The van der Waals surface area contributed by atoms with Gasteiger partial charge in [0.1, 0.15) is 44.2 Å². The van der Waals surface area contributed by atoms with Gasteiger partial charge in [-0.05, 0) is 91.4 Å². The number of amides is 2. The summed E-state index contributed by atoms with van der Waals surface area (Å²) < 4.78 is 17.4. The SMILES string of the molecule is Cc1ccc(-c2csc(NC(=O)c3cc(-c4ccccc4)oc3C)c2C(=O)O)cc1.Cc1oc(-c2ccccc2)cc1C(=O)Cc1scc(-c2ccc(Cl)cc2)c1C(=O)O.O=C(Nc1scc(-c2ccc(Br)cc2)c1C(=O)O)c1ccco1. The van der Waals surface area contributed by atoms with E-state index >= 15 is 0 Å². The summed E-state index contributed by atoms with van der Waals surface area (Å²) in [4.78, 5) is 74.0. The molecule has 416 valence electrons. The minimum atomic E-state index is -1.10. The first-order valence-electron chi connectivity index (χ1n) is 25.1. The number of Topliss-reactive ketones (excluding diaryl/α,β-unsaturated/α-hetero) is 1. The fraction of sp³-hybridized carbons (Fsp3) is 0.0625. The molecule has 0 spiro atoms. The number of rotatable bonds is 15. The highest BCUT2D eigenvalue weighted by atomic mass is 79.9. The van der Waals surface area contributed by atoms with Gasteiger partial charge in [-0.25, -0.2) is 14.4 Å². The van der Waals surface area contributed by atoms with Crippen LogP contribution in [-0.2, 0) is 6.42 Å². The van der Waals surface area contributed by atoms with Gasteiger partial charge in [-0.2, -0.15) is 0 Å². The van der Waals surface area contributed by atoms with Gasteiger partial charge in [-0.3, -0.25) is 14.4 Å². The smallest absolute Gasteiger partial charge is 0.339 e. The predicted octanol–water partition coefficient (Wildman–Crippen LogP) is 17.7. The molecular weight excluding hydrogens is 1200 g/mol. The van der Waals surface area contributed by atoms with Crippen molar-refractivity contribution in [3.05, 3.63) is 245 Å². The van der Waals surface area contributed by atoms with Gasteiger partial charge in [-0.1, -0.05) is 142 Å². The number of nitrogens with one attached hydrogen (secondary N) is 2. The number of carboxylic acids is 3. The van der Waals surface area contributed by atoms with E-state index in [4.69, 9.17) is 24.9 Å². The molecular formula is C64H46BrClN2O12S3. The zero-order valence-electron chi connectivity index (χ0n) is 44.0. The molecule has 11 rings (SSSR count). The van der Waals surface area contributed by atoms with Gasteiger partial charge in [0.05, 0.1) is 23.0 Å². The monoisotopic (exact) mass is 1240 g/mol. The number of hydrogen-bond acceptors (Lipinski definition) is 12. The summed E-state index contributed by atoms with van der Waals surface area (Å²) in [6, 6.07) is 47.4. The Morgan fingerprint density at radius 3 is 1.45 bits per heavy atom. The van der Waals surface area contributed by atoms with E-state index in [-0.39, 0.29) is 39.7 Å². The van der Waals surface area contributed by atoms with Gasteiger partial charge in [-0.15, -0.1) is 34.0 Å². The maximum atomic E-state index is 13.0. The third-order valence-electron chi connectivity index (χ3n) is 12.8. The van der Waals surface area contributed by atoms with E-state index in [1.165, 1.54) is 35.0 Å². The van der Waals surface area contributed by atoms with Crippen LogP contribution in [0, 0.1) is 20.8 Å². The van der Waals surface area contributed by atoms with E-state index in [1.807, 2.05) is 116 Å².